The maximum Gasteiger partial charge on any atom is 0.123 e. The molecule has 32 heavy (non-hydrogen) atoms. The Bertz CT molecular complexity index is 900. The van der Waals surface area contributed by atoms with E-state index in [0.29, 0.717) is 6.42 Å². The van der Waals surface area contributed by atoms with Gasteiger partial charge in [0.25, 0.3) is 0 Å². The summed E-state index contributed by atoms with van der Waals surface area (Å²) in [6.45, 7) is 0. The number of aliphatic hydroxyl groups is 2. The van der Waals surface area contributed by atoms with Crippen LogP contribution >= 0.6 is 0 Å². The summed E-state index contributed by atoms with van der Waals surface area (Å²) in [5, 5.41) is 23.7. The van der Waals surface area contributed by atoms with Gasteiger partial charge in [-0.3, -0.25) is 0 Å². The lowest BCUT2D eigenvalue weighted by molar-refractivity contribution is -0.0334. The first-order valence-corrected chi connectivity index (χ1v) is 10.8. The van der Waals surface area contributed by atoms with E-state index in [1.807, 2.05) is 51.4 Å². The van der Waals surface area contributed by atoms with Gasteiger partial charge >= 0.3 is 0 Å². The number of benzene rings is 2. The molecule has 0 spiro atoms. The van der Waals surface area contributed by atoms with Crippen LogP contribution in [0.3, 0.4) is 0 Å². The van der Waals surface area contributed by atoms with Crippen LogP contribution in [0.5, 0.6) is 0 Å². The molecule has 0 saturated heterocycles. The zero-order chi connectivity index (χ0) is 22.3. The molecule has 0 amide bonds. The summed E-state index contributed by atoms with van der Waals surface area (Å²) in [5.74, 6) is -0.305. The molecule has 0 aromatic heterocycles. The van der Waals surface area contributed by atoms with Gasteiger partial charge in [0.2, 0.25) is 0 Å². The Hall–Kier alpha value is -1.78. The SMILES string of the molecule is O[C@@H]([C]1[CH][CH][CH][CH]1)[C@@H]1[C@@H](c2ccc(F)cc2)[C@@H](c2ccc(F)cc2)C[C@@]1(O)[C]1[CH][CH][CH][CH]1. The van der Waals surface area contributed by atoms with Gasteiger partial charge in [-0.1, -0.05) is 24.3 Å². The molecule has 2 N–H and O–H groups in total. The summed E-state index contributed by atoms with van der Waals surface area (Å²) in [5.41, 5.74) is 0.389. The van der Waals surface area contributed by atoms with Crippen molar-refractivity contribution in [2.24, 2.45) is 5.92 Å². The molecule has 5 atom stereocenters. The first-order chi connectivity index (χ1) is 15.5. The van der Waals surface area contributed by atoms with Crippen molar-refractivity contribution in [3.05, 3.63) is 134 Å². The van der Waals surface area contributed by atoms with Crippen LogP contribution in [0.1, 0.15) is 29.4 Å². The van der Waals surface area contributed by atoms with Gasteiger partial charge in [0, 0.05) is 17.8 Å². The molecule has 4 heteroatoms. The predicted molar refractivity (Wildman–Crippen MR) is 118 cm³/mol. The van der Waals surface area contributed by atoms with E-state index in [1.165, 1.54) is 24.3 Å². The lowest BCUT2D eigenvalue weighted by atomic mass is 9.68. The van der Waals surface area contributed by atoms with Gasteiger partial charge in [-0.2, -0.15) is 0 Å². The van der Waals surface area contributed by atoms with E-state index in [1.54, 1.807) is 24.3 Å². The summed E-state index contributed by atoms with van der Waals surface area (Å²) in [7, 11) is 0. The predicted octanol–water partition coefficient (Wildman–Crippen LogP) is 4.75. The highest BCUT2D eigenvalue weighted by molar-refractivity contribution is 5.49. The Morgan fingerprint density at radius 3 is 1.81 bits per heavy atom. The topological polar surface area (TPSA) is 40.5 Å². The molecule has 0 aliphatic heterocycles. The number of halogens is 2. The molecule has 2 aromatic carbocycles. The van der Waals surface area contributed by atoms with Gasteiger partial charge < -0.3 is 10.2 Å². The number of hydrogen-bond donors (Lipinski definition) is 2. The third-order valence-electron chi connectivity index (χ3n) is 6.99. The van der Waals surface area contributed by atoms with Crippen LogP contribution in [-0.2, 0) is 0 Å². The normalized spacial score (nSPS) is 32.6. The zero-order valence-corrected chi connectivity index (χ0v) is 17.4. The van der Waals surface area contributed by atoms with Crippen molar-refractivity contribution >= 4 is 0 Å². The lowest BCUT2D eigenvalue weighted by Gasteiger charge is -2.41. The molecule has 3 fully saturated rings. The summed E-state index contributed by atoms with van der Waals surface area (Å²) in [4.78, 5) is 0. The highest BCUT2D eigenvalue weighted by atomic mass is 19.1. The fourth-order valence-electron chi connectivity index (χ4n) is 5.53. The number of rotatable bonds is 5. The fourth-order valence-corrected chi connectivity index (χ4v) is 5.53. The molecule has 3 aliphatic carbocycles. The third kappa shape index (κ3) is 3.90. The monoisotopic (exact) mass is 430 g/mol. The third-order valence-corrected chi connectivity index (χ3v) is 6.99. The van der Waals surface area contributed by atoms with Crippen molar-refractivity contribution in [3.8, 4) is 0 Å². The van der Waals surface area contributed by atoms with E-state index in [-0.39, 0.29) is 23.5 Å². The second-order valence-electron chi connectivity index (χ2n) is 8.73. The molecule has 5 rings (SSSR count). The molecule has 0 bridgehead atoms. The molecule has 3 aliphatic rings. The molecule has 0 unspecified atom stereocenters. The first-order valence-electron chi connectivity index (χ1n) is 10.8. The Morgan fingerprint density at radius 2 is 1.25 bits per heavy atom. The second kappa shape index (κ2) is 8.87. The van der Waals surface area contributed by atoms with Crippen LogP contribution in [0.4, 0.5) is 8.78 Å². The quantitative estimate of drug-likeness (QED) is 0.719. The molecule has 2 aromatic rings. The molecule has 10 radical (unpaired) electrons. The van der Waals surface area contributed by atoms with Gasteiger partial charge in [0.15, 0.2) is 0 Å². The van der Waals surface area contributed by atoms with Crippen molar-refractivity contribution in [2.75, 3.05) is 0 Å². The fraction of sp³-hybridized carbons (Fsp3) is 0.214. The summed E-state index contributed by atoms with van der Waals surface area (Å²) >= 11 is 0. The van der Waals surface area contributed by atoms with Gasteiger partial charge in [0.1, 0.15) is 11.6 Å². The molecule has 0 heterocycles. The second-order valence-corrected chi connectivity index (χ2v) is 8.73. The Morgan fingerprint density at radius 1 is 0.750 bits per heavy atom. The van der Waals surface area contributed by atoms with E-state index in [9.17, 15) is 19.0 Å². The van der Waals surface area contributed by atoms with Crippen LogP contribution in [0.2, 0.25) is 0 Å². The van der Waals surface area contributed by atoms with Gasteiger partial charge in [-0.05, 0) is 105 Å². The minimum Gasteiger partial charge on any atom is -0.392 e. The molecular weight excluding hydrogens is 406 g/mol. The molecular formula is C28H24F2O2. The van der Waals surface area contributed by atoms with Crippen molar-refractivity contribution in [3.63, 3.8) is 0 Å². The van der Waals surface area contributed by atoms with E-state index < -0.39 is 17.6 Å². The summed E-state index contributed by atoms with van der Waals surface area (Å²) in [6, 6.07) is 12.6. The Kier molecular flexibility index (Phi) is 6.11. The average Bonchev–Trinajstić information content (AvgIpc) is 3.55. The summed E-state index contributed by atoms with van der Waals surface area (Å²) in [6.07, 6.45) is 14.3. The molecule has 162 valence electrons. The van der Waals surface area contributed by atoms with Crippen LogP contribution < -0.4 is 0 Å². The van der Waals surface area contributed by atoms with Crippen molar-refractivity contribution in [1.82, 2.24) is 0 Å². The van der Waals surface area contributed by atoms with E-state index in [0.717, 1.165) is 23.0 Å². The van der Waals surface area contributed by atoms with E-state index in [2.05, 4.69) is 0 Å². The zero-order valence-electron chi connectivity index (χ0n) is 17.4. The molecule has 3 saturated carbocycles. The lowest BCUT2D eigenvalue weighted by Crippen LogP contribution is -2.48. The Balaban J connectivity index is 1.62. The number of aliphatic hydroxyl groups excluding tert-OH is 1. The standard InChI is InChI=1S/C28H24F2O2/c29-22-13-9-18(10-14-22)24-17-28(32,21-7-3-4-8-21)26(27(31)20-5-1-2-6-20)25(24)19-11-15-23(30)16-12-19/h1-16,24-27,31-32H,17H2/t24-,25+,26+,27+,28-/m1/s1. The van der Waals surface area contributed by atoms with Gasteiger partial charge in [-0.15, -0.1) is 0 Å². The van der Waals surface area contributed by atoms with Crippen LogP contribution in [0, 0.1) is 80.8 Å². The van der Waals surface area contributed by atoms with Crippen molar-refractivity contribution < 1.29 is 19.0 Å². The molecule has 2 nitrogen and oxygen atoms in total. The van der Waals surface area contributed by atoms with Crippen LogP contribution in [0.25, 0.3) is 0 Å². The smallest absolute Gasteiger partial charge is 0.123 e. The number of hydrogen-bond acceptors (Lipinski definition) is 2. The van der Waals surface area contributed by atoms with E-state index in [4.69, 9.17) is 0 Å². The van der Waals surface area contributed by atoms with Gasteiger partial charge in [-0.25, -0.2) is 8.78 Å². The maximum absolute atomic E-state index is 13.8. The largest absolute Gasteiger partial charge is 0.392 e. The minimum atomic E-state index is -1.32. The van der Waals surface area contributed by atoms with Crippen LogP contribution in [0.15, 0.2) is 48.5 Å². The maximum atomic E-state index is 13.8. The highest BCUT2D eigenvalue weighted by Crippen LogP contribution is 2.61. The Labute approximate surface area is 189 Å². The van der Waals surface area contributed by atoms with Crippen LogP contribution in [-0.4, -0.2) is 21.9 Å². The minimum absolute atomic E-state index is 0.199. The first kappa shape index (κ1) is 22.0. The average molecular weight is 430 g/mol. The van der Waals surface area contributed by atoms with E-state index >= 15 is 0 Å². The van der Waals surface area contributed by atoms with Gasteiger partial charge in [0.05, 0.1) is 11.7 Å². The summed E-state index contributed by atoms with van der Waals surface area (Å²) < 4.78 is 27.4. The van der Waals surface area contributed by atoms with Crippen molar-refractivity contribution in [2.45, 2.75) is 30.0 Å². The van der Waals surface area contributed by atoms with Crippen molar-refractivity contribution in [1.29, 1.82) is 0 Å². The highest BCUT2D eigenvalue weighted by Gasteiger charge is 2.60.